The number of aromatic hydroxyl groups is 1. The van der Waals surface area contributed by atoms with Crippen molar-refractivity contribution in [1.82, 2.24) is 4.98 Å². The molecule has 0 saturated heterocycles. The molecule has 32 heavy (non-hydrogen) atoms. The van der Waals surface area contributed by atoms with Crippen LogP contribution in [0.4, 0.5) is 4.39 Å². The molecule has 0 amide bonds. The summed E-state index contributed by atoms with van der Waals surface area (Å²) in [5, 5.41) is 21.1. The molecule has 2 aromatic carbocycles. The van der Waals surface area contributed by atoms with Crippen LogP contribution in [0.15, 0.2) is 36.4 Å². The van der Waals surface area contributed by atoms with E-state index in [0.29, 0.717) is 42.7 Å². The van der Waals surface area contributed by atoms with Gasteiger partial charge in [0.2, 0.25) is 5.88 Å². The number of phenolic OH excluding ortho intramolecular Hbond substituents is 1. The minimum Gasteiger partial charge on any atom is -0.508 e. The fraction of sp³-hybridized carbons (Fsp3) is 0.385. The van der Waals surface area contributed by atoms with Crippen molar-refractivity contribution < 1.29 is 24.1 Å². The summed E-state index contributed by atoms with van der Waals surface area (Å²) in [5.74, 6) is -0.336. The zero-order valence-electron chi connectivity index (χ0n) is 18.4. The summed E-state index contributed by atoms with van der Waals surface area (Å²) < 4.78 is 20.1. The summed E-state index contributed by atoms with van der Waals surface area (Å²) in [4.78, 5) is 16.3. The summed E-state index contributed by atoms with van der Waals surface area (Å²) in [6.45, 7) is 6.25. The number of nitrogens with zero attached hydrogens (tertiary/aromatic N) is 1. The molecule has 3 aliphatic rings. The number of carboxylic acids is 1. The molecule has 0 spiro atoms. The van der Waals surface area contributed by atoms with E-state index in [1.165, 1.54) is 6.07 Å². The average Bonchev–Trinajstić information content (AvgIpc) is 2.67. The molecule has 0 atom stereocenters. The zero-order chi connectivity index (χ0) is 22.8. The maximum absolute atomic E-state index is 13.9. The van der Waals surface area contributed by atoms with Crippen LogP contribution in [0.2, 0.25) is 0 Å². The lowest BCUT2D eigenvalue weighted by molar-refractivity contribution is -0.231. The maximum Gasteiger partial charge on any atom is 0.309 e. The lowest BCUT2D eigenvalue weighted by Gasteiger charge is -2.67. The van der Waals surface area contributed by atoms with E-state index >= 15 is 0 Å². The van der Waals surface area contributed by atoms with E-state index in [-0.39, 0.29) is 22.9 Å². The molecule has 3 aromatic rings. The Kier molecular flexibility index (Phi) is 4.49. The van der Waals surface area contributed by atoms with Crippen LogP contribution in [0, 0.1) is 23.6 Å². The Balaban J connectivity index is 1.58. The van der Waals surface area contributed by atoms with Gasteiger partial charge in [-0.05, 0) is 78.9 Å². The van der Waals surface area contributed by atoms with Crippen molar-refractivity contribution >= 4 is 16.7 Å². The number of ether oxygens (including phenoxy) is 1. The number of hydrogen-bond donors (Lipinski definition) is 2. The second kappa shape index (κ2) is 6.92. The fourth-order valence-electron chi connectivity index (χ4n) is 5.52. The molecule has 0 aliphatic heterocycles. The van der Waals surface area contributed by atoms with Gasteiger partial charge in [0.15, 0.2) is 0 Å². The number of phenols is 1. The first-order valence-corrected chi connectivity index (χ1v) is 10.9. The van der Waals surface area contributed by atoms with E-state index in [0.717, 1.165) is 22.2 Å². The van der Waals surface area contributed by atoms with Crippen LogP contribution < -0.4 is 4.74 Å². The first kappa shape index (κ1) is 20.7. The predicted octanol–water partition coefficient (Wildman–Crippen LogP) is 5.81. The van der Waals surface area contributed by atoms with Gasteiger partial charge in [0.05, 0.1) is 17.7 Å². The standard InChI is InChI=1S/C26H26FNO4/c1-14(2)22-21(16-4-7-20(27)15(3)8-16)18-6-5-17(29)9-19(18)23(28-22)32-13-25-10-26(11-25,12-25)24(30)31/h4-9,14,29H,10-13H2,1-3H3,(H,30,31). The molecule has 166 valence electrons. The van der Waals surface area contributed by atoms with Crippen molar-refractivity contribution in [1.29, 1.82) is 0 Å². The minimum atomic E-state index is -0.714. The Labute approximate surface area is 185 Å². The summed E-state index contributed by atoms with van der Waals surface area (Å²) in [6.07, 6.45) is 1.92. The number of fused-ring (bicyclic) bond motifs is 1. The number of pyridine rings is 1. The van der Waals surface area contributed by atoms with Crippen molar-refractivity contribution in [3.8, 4) is 22.8 Å². The summed E-state index contributed by atoms with van der Waals surface area (Å²) in [6, 6.07) is 10.2. The molecule has 3 saturated carbocycles. The van der Waals surface area contributed by atoms with Crippen molar-refractivity contribution in [2.75, 3.05) is 6.61 Å². The van der Waals surface area contributed by atoms with Crippen LogP contribution in [0.5, 0.6) is 11.6 Å². The third kappa shape index (κ3) is 3.04. The molecule has 1 aromatic heterocycles. The maximum atomic E-state index is 13.9. The largest absolute Gasteiger partial charge is 0.508 e. The summed E-state index contributed by atoms with van der Waals surface area (Å²) in [5.41, 5.74) is 2.52. The van der Waals surface area contributed by atoms with Gasteiger partial charge in [0.25, 0.3) is 0 Å². The molecule has 0 radical (unpaired) electrons. The molecular formula is C26H26FNO4. The quantitative estimate of drug-likeness (QED) is 0.511. The highest BCUT2D eigenvalue weighted by Crippen LogP contribution is 2.73. The van der Waals surface area contributed by atoms with Crippen LogP contribution in [-0.2, 0) is 4.79 Å². The SMILES string of the molecule is Cc1cc(-c2c(C(C)C)nc(OCC34CC(C(=O)O)(C3)C4)c3cc(O)ccc23)ccc1F. The van der Waals surface area contributed by atoms with E-state index in [1.807, 2.05) is 12.1 Å². The van der Waals surface area contributed by atoms with Crippen molar-refractivity contribution in [2.45, 2.75) is 46.0 Å². The highest BCUT2D eigenvalue weighted by Gasteiger charge is 2.72. The molecule has 1 heterocycles. The van der Waals surface area contributed by atoms with Crippen LogP contribution >= 0.6 is 0 Å². The number of halogens is 1. The normalized spacial score (nSPS) is 23.7. The molecule has 3 aliphatic carbocycles. The predicted molar refractivity (Wildman–Crippen MR) is 119 cm³/mol. The summed E-state index contributed by atoms with van der Waals surface area (Å²) in [7, 11) is 0. The number of aromatic nitrogens is 1. The van der Waals surface area contributed by atoms with Gasteiger partial charge in [-0.2, -0.15) is 0 Å². The third-order valence-corrected chi connectivity index (χ3v) is 7.08. The van der Waals surface area contributed by atoms with Gasteiger partial charge in [-0.3, -0.25) is 4.79 Å². The van der Waals surface area contributed by atoms with E-state index in [1.54, 1.807) is 25.1 Å². The van der Waals surface area contributed by atoms with Crippen LogP contribution in [0.1, 0.15) is 50.3 Å². The highest BCUT2D eigenvalue weighted by molar-refractivity contribution is 6.01. The minimum absolute atomic E-state index is 0.0844. The monoisotopic (exact) mass is 435 g/mol. The van der Waals surface area contributed by atoms with Gasteiger partial charge >= 0.3 is 5.97 Å². The molecule has 6 heteroatoms. The Morgan fingerprint density at radius 3 is 2.50 bits per heavy atom. The van der Waals surface area contributed by atoms with E-state index < -0.39 is 11.4 Å². The Bertz CT molecular complexity index is 1250. The van der Waals surface area contributed by atoms with Crippen molar-refractivity contribution in [2.24, 2.45) is 10.8 Å². The number of carboxylic acid groups (broad SMARTS) is 1. The molecule has 6 rings (SSSR count). The second-order valence-electron chi connectivity index (χ2n) is 9.93. The zero-order valence-corrected chi connectivity index (χ0v) is 18.4. The molecule has 2 bridgehead atoms. The molecule has 5 nitrogen and oxygen atoms in total. The molecule has 0 unspecified atom stereocenters. The lowest BCUT2D eigenvalue weighted by atomic mass is 9.35. The van der Waals surface area contributed by atoms with Gasteiger partial charge in [-0.25, -0.2) is 9.37 Å². The van der Waals surface area contributed by atoms with Gasteiger partial charge in [0.1, 0.15) is 11.6 Å². The number of aryl methyl sites for hydroxylation is 1. The van der Waals surface area contributed by atoms with Gasteiger partial charge < -0.3 is 14.9 Å². The van der Waals surface area contributed by atoms with Gasteiger partial charge in [0, 0.05) is 16.4 Å². The number of carbonyl (C=O) groups is 1. The fourth-order valence-corrected chi connectivity index (χ4v) is 5.52. The lowest BCUT2D eigenvalue weighted by Crippen LogP contribution is -2.67. The molecule has 2 N–H and O–H groups in total. The first-order chi connectivity index (χ1) is 15.1. The number of aliphatic carboxylic acids is 1. The number of benzene rings is 2. The topological polar surface area (TPSA) is 79.7 Å². The van der Waals surface area contributed by atoms with E-state index in [9.17, 15) is 19.4 Å². The third-order valence-electron chi connectivity index (χ3n) is 7.08. The van der Waals surface area contributed by atoms with Crippen molar-refractivity contribution in [3.05, 3.63) is 53.5 Å². The van der Waals surface area contributed by atoms with E-state index in [2.05, 4.69) is 13.8 Å². The number of hydrogen-bond acceptors (Lipinski definition) is 4. The van der Waals surface area contributed by atoms with Crippen LogP contribution in [0.3, 0.4) is 0 Å². The first-order valence-electron chi connectivity index (χ1n) is 10.9. The Morgan fingerprint density at radius 2 is 1.88 bits per heavy atom. The van der Waals surface area contributed by atoms with Crippen LogP contribution in [0.25, 0.3) is 21.9 Å². The van der Waals surface area contributed by atoms with Gasteiger partial charge in [-0.1, -0.05) is 19.9 Å². The number of rotatable bonds is 6. The smallest absolute Gasteiger partial charge is 0.309 e. The molecular weight excluding hydrogens is 409 g/mol. The van der Waals surface area contributed by atoms with Crippen molar-refractivity contribution in [3.63, 3.8) is 0 Å². The highest BCUT2D eigenvalue weighted by atomic mass is 19.1. The van der Waals surface area contributed by atoms with E-state index in [4.69, 9.17) is 9.72 Å². The van der Waals surface area contributed by atoms with Crippen LogP contribution in [-0.4, -0.2) is 27.8 Å². The Hall–Kier alpha value is -3.15. The second-order valence-corrected chi connectivity index (χ2v) is 9.93. The Morgan fingerprint density at radius 1 is 1.16 bits per heavy atom. The van der Waals surface area contributed by atoms with Gasteiger partial charge in [-0.15, -0.1) is 0 Å². The summed E-state index contributed by atoms with van der Waals surface area (Å²) >= 11 is 0. The average molecular weight is 435 g/mol. The molecule has 3 fully saturated rings.